The van der Waals surface area contributed by atoms with E-state index in [1.165, 1.54) is 36.9 Å². The van der Waals surface area contributed by atoms with E-state index in [4.69, 9.17) is 5.73 Å². The lowest BCUT2D eigenvalue weighted by molar-refractivity contribution is 0.650. The first-order valence-electron chi connectivity index (χ1n) is 5.83. The molecule has 0 bridgehead atoms. The van der Waals surface area contributed by atoms with Gasteiger partial charge in [0.05, 0.1) is 0 Å². The summed E-state index contributed by atoms with van der Waals surface area (Å²) in [6, 6.07) is 9.19. The van der Waals surface area contributed by atoms with Crippen molar-refractivity contribution in [2.45, 2.75) is 38.3 Å². The van der Waals surface area contributed by atoms with E-state index in [2.05, 4.69) is 36.2 Å². The Morgan fingerprint density at radius 3 is 2.60 bits per heavy atom. The van der Waals surface area contributed by atoms with Crippen molar-refractivity contribution in [3.8, 4) is 0 Å². The standard InChI is InChI=1S/C13H20N2/c1-15(12-7-3-4-8-12)13-9-5-2-6-11(13)10-14/h2,5-6,9,12H,3-4,7-8,10,14H2,1H3. The maximum atomic E-state index is 5.76. The molecule has 1 fully saturated rings. The van der Waals surface area contributed by atoms with Gasteiger partial charge >= 0.3 is 0 Å². The zero-order valence-corrected chi connectivity index (χ0v) is 9.45. The van der Waals surface area contributed by atoms with E-state index in [0.29, 0.717) is 6.54 Å². The fourth-order valence-corrected chi connectivity index (χ4v) is 2.52. The number of nitrogens with zero attached hydrogens (tertiary/aromatic N) is 1. The highest BCUT2D eigenvalue weighted by atomic mass is 15.1. The van der Waals surface area contributed by atoms with Gasteiger partial charge in [-0.3, -0.25) is 0 Å². The summed E-state index contributed by atoms with van der Waals surface area (Å²) in [5, 5.41) is 0. The first kappa shape index (κ1) is 10.5. The van der Waals surface area contributed by atoms with Crippen molar-refractivity contribution < 1.29 is 0 Å². The lowest BCUT2D eigenvalue weighted by Crippen LogP contribution is -2.29. The molecule has 1 aromatic carbocycles. The van der Waals surface area contributed by atoms with Gasteiger partial charge in [-0.2, -0.15) is 0 Å². The Morgan fingerprint density at radius 2 is 1.93 bits per heavy atom. The highest BCUT2D eigenvalue weighted by Gasteiger charge is 2.20. The lowest BCUT2D eigenvalue weighted by atomic mass is 10.1. The predicted molar refractivity (Wildman–Crippen MR) is 65.0 cm³/mol. The van der Waals surface area contributed by atoms with Gasteiger partial charge in [0.15, 0.2) is 0 Å². The Bertz CT molecular complexity index is 316. The van der Waals surface area contributed by atoms with Crippen molar-refractivity contribution in [1.82, 2.24) is 0 Å². The van der Waals surface area contributed by atoms with Gasteiger partial charge in [0, 0.05) is 25.3 Å². The Labute approximate surface area is 92.1 Å². The monoisotopic (exact) mass is 204 g/mol. The minimum Gasteiger partial charge on any atom is -0.371 e. The molecule has 1 saturated carbocycles. The normalized spacial score (nSPS) is 16.9. The second kappa shape index (κ2) is 4.67. The fraction of sp³-hybridized carbons (Fsp3) is 0.538. The first-order chi connectivity index (χ1) is 7.33. The van der Waals surface area contributed by atoms with Crippen LogP contribution in [-0.4, -0.2) is 13.1 Å². The van der Waals surface area contributed by atoms with Crippen molar-refractivity contribution in [1.29, 1.82) is 0 Å². The maximum absolute atomic E-state index is 5.76. The smallest absolute Gasteiger partial charge is 0.0411 e. The van der Waals surface area contributed by atoms with Crippen LogP contribution in [0.3, 0.4) is 0 Å². The number of benzene rings is 1. The second-order valence-corrected chi connectivity index (χ2v) is 4.38. The molecule has 2 rings (SSSR count). The molecule has 2 heteroatoms. The molecule has 0 spiro atoms. The van der Waals surface area contributed by atoms with Crippen molar-refractivity contribution in [2.24, 2.45) is 5.73 Å². The molecular formula is C13H20N2. The van der Waals surface area contributed by atoms with E-state index >= 15 is 0 Å². The zero-order valence-electron chi connectivity index (χ0n) is 9.45. The molecule has 0 amide bonds. The molecule has 0 heterocycles. The third kappa shape index (κ3) is 2.15. The van der Waals surface area contributed by atoms with Crippen LogP contribution in [-0.2, 0) is 6.54 Å². The average Bonchev–Trinajstić information content (AvgIpc) is 2.81. The molecule has 1 aromatic rings. The van der Waals surface area contributed by atoms with Gasteiger partial charge in [-0.1, -0.05) is 31.0 Å². The number of rotatable bonds is 3. The predicted octanol–water partition coefficient (Wildman–Crippen LogP) is 2.52. The van der Waals surface area contributed by atoms with Crippen molar-refractivity contribution in [3.63, 3.8) is 0 Å². The molecule has 0 aromatic heterocycles. The van der Waals surface area contributed by atoms with Gasteiger partial charge < -0.3 is 10.6 Å². The molecule has 2 nitrogen and oxygen atoms in total. The quantitative estimate of drug-likeness (QED) is 0.819. The van der Waals surface area contributed by atoms with Crippen LogP contribution in [0.1, 0.15) is 31.2 Å². The van der Waals surface area contributed by atoms with Crippen LogP contribution in [0, 0.1) is 0 Å². The van der Waals surface area contributed by atoms with Gasteiger partial charge in [-0.05, 0) is 24.5 Å². The molecule has 15 heavy (non-hydrogen) atoms. The fourth-order valence-electron chi connectivity index (χ4n) is 2.52. The summed E-state index contributed by atoms with van der Waals surface area (Å²) >= 11 is 0. The van der Waals surface area contributed by atoms with E-state index < -0.39 is 0 Å². The summed E-state index contributed by atoms with van der Waals surface area (Å²) in [6.07, 6.45) is 5.41. The summed E-state index contributed by atoms with van der Waals surface area (Å²) in [6.45, 7) is 0.632. The van der Waals surface area contributed by atoms with Crippen LogP contribution >= 0.6 is 0 Å². The van der Waals surface area contributed by atoms with Gasteiger partial charge in [-0.25, -0.2) is 0 Å². The molecule has 0 radical (unpaired) electrons. The summed E-state index contributed by atoms with van der Waals surface area (Å²) in [5.41, 5.74) is 8.33. The molecule has 0 unspecified atom stereocenters. The Balaban J connectivity index is 2.19. The van der Waals surface area contributed by atoms with Crippen LogP contribution in [0.25, 0.3) is 0 Å². The molecule has 1 aliphatic carbocycles. The van der Waals surface area contributed by atoms with Gasteiger partial charge in [0.25, 0.3) is 0 Å². The van der Waals surface area contributed by atoms with E-state index in [1.807, 2.05) is 0 Å². The maximum Gasteiger partial charge on any atom is 0.0411 e. The van der Waals surface area contributed by atoms with Gasteiger partial charge in [0.1, 0.15) is 0 Å². The number of anilines is 1. The molecule has 1 aliphatic rings. The number of nitrogens with two attached hydrogens (primary N) is 1. The lowest BCUT2D eigenvalue weighted by Gasteiger charge is -2.28. The van der Waals surface area contributed by atoms with Crippen LogP contribution in [0.5, 0.6) is 0 Å². The second-order valence-electron chi connectivity index (χ2n) is 4.38. The average molecular weight is 204 g/mol. The van der Waals surface area contributed by atoms with E-state index in [9.17, 15) is 0 Å². The highest BCUT2D eigenvalue weighted by molar-refractivity contribution is 5.53. The van der Waals surface area contributed by atoms with Crippen molar-refractivity contribution in [2.75, 3.05) is 11.9 Å². The minimum atomic E-state index is 0.632. The van der Waals surface area contributed by atoms with Crippen LogP contribution in [0.2, 0.25) is 0 Å². The van der Waals surface area contributed by atoms with Crippen LogP contribution < -0.4 is 10.6 Å². The first-order valence-corrected chi connectivity index (χ1v) is 5.83. The highest BCUT2D eigenvalue weighted by Crippen LogP contribution is 2.28. The molecule has 2 N–H and O–H groups in total. The zero-order chi connectivity index (χ0) is 10.7. The summed E-state index contributed by atoms with van der Waals surface area (Å²) in [5.74, 6) is 0. The van der Waals surface area contributed by atoms with Crippen molar-refractivity contribution >= 4 is 5.69 Å². The molecule has 82 valence electrons. The summed E-state index contributed by atoms with van der Waals surface area (Å²) in [7, 11) is 2.20. The Kier molecular flexibility index (Phi) is 3.27. The molecule has 0 saturated heterocycles. The molecule has 0 atom stereocenters. The summed E-state index contributed by atoms with van der Waals surface area (Å²) in [4.78, 5) is 2.41. The minimum absolute atomic E-state index is 0.632. The Morgan fingerprint density at radius 1 is 1.27 bits per heavy atom. The SMILES string of the molecule is CN(c1ccccc1CN)C1CCCC1. The Hall–Kier alpha value is -1.02. The van der Waals surface area contributed by atoms with E-state index in [1.54, 1.807) is 0 Å². The summed E-state index contributed by atoms with van der Waals surface area (Å²) < 4.78 is 0. The third-order valence-corrected chi connectivity index (χ3v) is 3.46. The van der Waals surface area contributed by atoms with Gasteiger partial charge in [0.2, 0.25) is 0 Å². The third-order valence-electron chi connectivity index (χ3n) is 3.46. The number of hydrogen-bond donors (Lipinski definition) is 1. The molecular weight excluding hydrogens is 184 g/mol. The largest absolute Gasteiger partial charge is 0.371 e. The van der Waals surface area contributed by atoms with Crippen molar-refractivity contribution in [3.05, 3.63) is 29.8 Å². The number of hydrogen-bond acceptors (Lipinski definition) is 2. The topological polar surface area (TPSA) is 29.3 Å². The van der Waals surface area contributed by atoms with E-state index in [-0.39, 0.29) is 0 Å². The number of para-hydroxylation sites is 1. The van der Waals surface area contributed by atoms with Crippen LogP contribution in [0.15, 0.2) is 24.3 Å². The van der Waals surface area contributed by atoms with E-state index in [0.717, 1.165) is 6.04 Å². The van der Waals surface area contributed by atoms with Gasteiger partial charge in [-0.15, -0.1) is 0 Å². The van der Waals surface area contributed by atoms with Crippen LogP contribution in [0.4, 0.5) is 5.69 Å². The molecule has 0 aliphatic heterocycles.